The zero-order chi connectivity index (χ0) is 13.9. The SMILES string of the molecule is CN(C1=CCC(c2ccccc2)C1=O)c1ccccc1. The Morgan fingerprint density at radius 3 is 2.20 bits per heavy atom. The predicted molar refractivity (Wildman–Crippen MR) is 81.7 cm³/mol. The van der Waals surface area contributed by atoms with Gasteiger partial charge in [0.2, 0.25) is 0 Å². The zero-order valence-corrected chi connectivity index (χ0v) is 11.5. The lowest BCUT2D eigenvalue weighted by Gasteiger charge is -2.20. The van der Waals surface area contributed by atoms with Gasteiger partial charge in [0.15, 0.2) is 5.78 Å². The van der Waals surface area contributed by atoms with Crippen molar-refractivity contribution in [3.63, 3.8) is 0 Å². The fraction of sp³-hybridized carbons (Fsp3) is 0.167. The van der Waals surface area contributed by atoms with E-state index in [9.17, 15) is 4.79 Å². The van der Waals surface area contributed by atoms with E-state index in [-0.39, 0.29) is 11.7 Å². The van der Waals surface area contributed by atoms with E-state index in [1.54, 1.807) is 0 Å². The van der Waals surface area contributed by atoms with Crippen LogP contribution in [0.4, 0.5) is 5.69 Å². The number of carbonyl (C=O) groups is 1. The number of nitrogens with zero attached hydrogens (tertiary/aromatic N) is 1. The average Bonchev–Trinajstić information content (AvgIpc) is 2.90. The van der Waals surface area contributed by atoms with E-state index in [0.29, 0.717) is 0 Å². The summed E-state index contributed by atoms with van der Waals surface area (Å²) in [4.78, 5) is 14.6. The first-order valence-electron chi connectivity index (χ1n) is 6.85. The van der Waals surface area contributed by atoms with Gasteiger partial charge >= 0.3 is 0 Å². The molecule has 0 aromatic heterocycles. The van der Waals surface area contributed by atoms with Crippen molar-refractivity contribution in [2.24, 2.45) is 0 Å². The lowest BCUT2D eigenvalue weighted by Crippen LogP contribution is -2.23. The summed E-state index contributed by atoms with van der Waals surface area (Å²) in [6, 6.07) is 20.0. The van der Waals surface area contributed by atoms with Crippen molar-refractivity contribution >= 4 is 11.5 Å². The molecule has 0 N–H and O–H groups in total. The number of benzene rings is 2. The number of anilines is 1. The maximum atomic E-state index is 12.6. The number of carbonyl (C=O) groups excluding carboxylic acids is 1. The first-order chi connectivity index (χ1) is 9.77. The fourth-order valence-corrected chi connectivity index (χ4v) is 2.68. The van der Waals surface area contributed by atoms with Crippen LogP contribution < -0.4 is 4.90 Å². The summed E-state index contributed by atoms with van der Waals surface area (Å²) in [6.45, 7) is 0. The molecule has 0 saturated heterocycles. The van der Waals surface area contributed by atoms with Gasteiger partial charge in [-0.25, -0.2) is 0 Å². The molecule has 0 bridgehead atoms. The molecule has 1 unspecified atom stereocenters. The minimum atomic E-state index is -0.0302. The predicted octanol–water partition coefficient (Wildman–Crippen LogP) is 3.76. The lowest BCUT2D eigenvalue weighted by atomic mass is 9.95. The monoisotopic (exact) mass is 263 g/mol. The molecule has 0 radical (unpaired) electrons. The van der Waals surface area contributed by atoms with Gasteiger partial charge in [0, 0.05) is 12.7 Å². The molecule has 0 fully saturated rings. The van der Waals surface area contributed by atoms with E-state index < -0.39 is 0 Å². The standard InChI is InChI=1S/C18H17NO/c1-19(15-10-6-3-7-11-15)17-13-12-16(18(17)20)14-8-4-2-5-9-14/h2-11,13,16H,12H2,1H3. The van der Waals surface area contributed by atoms with Gasteiger partial charge in [0.25, 0.3) is 0 Å². The molecule has 0 spiro atoms. The molecule has 100 valence electrons. The fourth-order valence-electron chi connectivity index (χ4n) is 2.68. The van der Waals surface area contributed by atoms with Crippen LogP contribution >= 0.6 is 0 Å². The molecule has 2 aromatic rings. The van der Waals surface area contributed by atoms with Gasteiger partial charge in [0.05, 0.1) is 11.6 Å². The number of likely N-dealkylation sites (N-methyl/N-ethyl adjacent to an activating group) is 1. The molecule has 2 heteroatoms. The minimum absolute atomic E-state index is 0.0302. The quantitative estimate of drug-likeness (QED) is 0.840. The number of Topliss-reactive ketones (excluding diaryl/α,β-unsaturated/α-hetero) is 1. The van der Waals surface area contributed by atoms with Crippen LogP contribution in [0.2, 0.25) is 0 Å². The van der Waals surface area contributed by atoms with Crippen LogP contribution in [0.15, 0.2) is 72.4 Å². The second kappa shape index (κ2) is 5.33. The van der Waals surface area contributed by atoms with Crippen LogP contribution in [-0.4, -0.2) is 12.8 Å². The number of para-hydroxylation sites is 1. The van der Waals surface area contributed by atoms with Crippen molar-refractivity contribution < 1.29 is 4.79 Å². The van der Waals surface area contributed by atoms with E-state index >= 15 is 0 Å². The third kappa shape index (κ3) is 2.25. The van der Waals surface area contributed by atoms with E-state index in [2.05, 4.69) is 0 Å². The van der Waals surface area contributed by atoms with Crippen molar-refractivity contribution in [2.45, 2.75) is 12.3 Å². The lowest BCUT2D eigenvalue weighted by molar-refractivity contribution is -0.116. The Morgan fingerprint density at radius 1 is 0.950 bits per heavy atom. The Balaban J connectivity index is 1.82. The first kappa shape index (κ1) is 12.7. The first-order valence-corrected chi connectivity index (χ1v) is 6.85. The Bertz CT molecular complexity index is 631. The van der Waals surface area contributed by atoms with E-state index in [1.165, 1.54) is 0 Å². The van der Waals surface area contributed by atoms with Crippen molar-refractivity contribution in [1.82, 2.24) is 0 Å². The molecule has 3 rings (SSSR count). The summed E-state index contributed by atoms with van der Waals surface area (Å²) >= 11 is 0. The summed E-state index contributed by atoms with van der Waals surface area (Å²) in [7, 11) is 1.95. The molecule has 1 aliphatic carbocycles. The third-order valence-corrected chi connectivity index (χ3v) is 3.82. The second-order valence-corrected chi connectivity index (χ2v) is 5.05. The summed E-state index contributed by atoms with van der Waals surface area (Å²) in [5, 5.41) is 0. The van der Waals surface area contributed by atoms with Gasteiger partial charge < -0.3 is 4.90 Å². The summed E-state index contributed by atoms with van der Waals surface area (Å²) < 4.78 is 0. The molecular formula is C18H17NO. The number of hydrogen-bond donors (Lipinski definition) is 0. The van der Waals surface area contributed by atoms with Crippen molar-refractivity contribution in [2.75, 3.05) is 11.9 Å². The maximum absolute atomic E-state index is 12.6. The van der Waals surface area contributed by atoms with Gasteiger partial charge in [-0.2, -0.15) is 0 Å². The molecular weight excluding hydrogens is 246 g/mol. The maximum Gasteiger partial charge on any atom is 0.186 e. The van der Waals surface area contributed by atoms with Crippen molar-refractivity contribution in [3.8, 4) is 0 Å². The highest BCUT2D eigenvalue weighted by atomic mass is 16.1. The van der Waals surface area contributed by atoms with Crippen LogP contribution in [0.1, 0.15) is 17.9 Å². The van der Waals surface area contributed by atoms with Crippen LogP contribution in [-0.2, 0) is 4.79 Å². The van der Waals surface area contributed by atoms with Gasteiger partial charge in [-0.1, -0.05) is 54.6 Å². The summed E-state index contributed by atoms with van der Waals surface area (Å²) in [5.41, 5.74) is 2.94. The Morgan fingerprint density at radius 2 is 1.55 bits per heavy atom. The van der Waals surface area contributed by atoms with Gasteiger partial charge in [-0.15, -0.1) is 0 Å². The van der Waals surface area contributed by atoms with Gasteiger partial charge in [-0.05, 0) is 24.1 Å². The molecule has 20 heavy (non-hydrogen) atoms. The molecule has 0 aliphatic heterocycles. The van der Waals surface area contributed by atoms with Gasteiger partial charge in [0.1, 0.15) is 0 Å². The minimum Gasteiger partial charge on any atom is -0.342 e. The molecule has 1 atom stereocenters. The highest BCUT2D eigenvalue weighted by molar-refractivity contribution is 6.05. The normalized spacial score (nSPS) is 17.9. The molecule has 0 heterocycles. The van der Waals surface area contributed by atoms with Crippen LogP contribution in [0.3, 0.4) is 0 Å². The Labute approximate surface area is 119 Å². The average molecular weight is 263 g/mol. The number of ketones is 1. The molecule has 1 aliphatic rings. The van der Waals surface area contributed by atoms with Crippen molar-refractivity contribution in [3.05, 3.63) is 78.0 Å². The molecule has 2 nitrogen and oxygen atoms in total. The van der Waals surface area contributed by atoms with Crippen molar-refractivity contribution in [1.29, 1.82) is 0 Å². The Hall–Kier alpha value is -2.35. The van der Waals surface area contributed by atoms with Crippen LogP contribution in [0.5, 0.6) is 0 Å². The summed E-state index contributed by atoms with van der Waals surface area (Å²) in [6.07, 6.45) is 2.84. The molecule has 0 amide bonds. The topological polar surface area (TPSA) is 20.3 Å². The largest absolute Gasteiger partial charge is 0.342 e. The highest BCUT2D eigenvalue weighted by Gasteiger charge is 2.30. The van der Waals surface area contributed by atoms with Crippen LogP contribution in [0, 0.1) is 0 Å². The van der Waals surface area contributed by atoms with Gasteiger partial charge in [-0.3, -0.25) is 4.79 Å². The molecule has 0 saturated carbocycles. The van der Waals surface area contributed by atoms with E-state index in [1.807, 2.05) is 78.7 Å². The second-order valence-electron chi connectivity index (χ2n) is 5.05. The Kier molecular flexibility index (Phi) is 3.38. The summed E-state index contributed by atoms with van der Waals surface area (Å²) in [5.74, 6) is 0.180. The number of rotatable bonds is 3. The third-order valence-electron chi connectivity index (χ3n) is 3.82. The smallest absolute Gasteiger partial charge is 0.186 e. The number of allylic oxidation sites excluding steroid dienone is 2. The van der Waals surface area contributed by atoms with E-state index in [0.717, 1.165) is 23.4 Å². The molecule has 2 aromatic carbocycles. The van der Waals surface area contributed by atoms with Crippen LogP contribution in [0.25, 0.3) is 0 Å². The highest BCUT2D eigenvalue weighted by Crippen LogP contribution is 2.33. The number of hydrogen-bond acceptors (Lipinski definition) is 2. The van der Waals surface area contributed by atoms with E-state index in [4.69, 9.17) is 0 Å². The zero-order valence-electron chi connectivity index (χ0n) is 11.5.